The summed E-state index contributed by atoms with van der Waals surface area (Å²) in [7, 11) is 0. The lowest BCUT2D eigenvalue weighted by atomic mass is 10.2. The number of aliphatic hydroxyl groups is 1. The van der Waals surface area contributed by atoms with Gasteiger partial charge in [-0.05, 0) is 6.07 Å². The summed E-state index contributed by atoms with van der Waals surface area (Å²) in [6.45, 7) is -0.139. The number of nitrogen functional groups attached to an aromatic ring is 1. The molecule has 0 atom stereocenters. The fourth-order valence-electron chi connectivity index (χ4n) is 1.82. The second kappa shape index (κ2) is 8.27. The molecule has 4 N–H and O–H groups in total. The average Bonchev–Trinajstić information content (AvgIpc) is 2.59. The Morgan fingerprint density at radius 3 is 3.00 bits per heavy atom. The highest BCUT2D eigenvalue weighted by Crippen LogP contribution is 2.16. The van der Waals surface area contributed by atoms with Gasteiger partial charge >= 0.3 is 0 Å². The Balaban J connectivity index is 1.99. The predicted octanol–water partition coefficient (Wildman–Crippen LogP) is -0.439. The summed E-state index contributed by atoms with van der Waals surface area (Å²) in [5.41, 5.74) is 5.57. The molecule has 0 bridgehead atoms. The van der Waals surface area contributed by atoms with Crippen LogP contribution in [0.1, 0.15) is 5.56 Å². The van der Waals surface area contributed by atoms with Crippen molar-refractivity contribution in [2.45, 2.75) is 13.1 Å². The summed E-state index contributed by atoms with van der Waals surface area (Å²) >= 11 is 5.73. The van der Waals surface area contributed by atoms with Crippen molar-refractivity contribution in [3.8, 4) is 5.75 Å². The lowest BCUT2D eigenvalue weighted by Crippen LogP contribution is -2.33. The number of nitrogens with one attached hydrogen (secondary N) is 1. The highest BCUT2D eigenvalue weighted by atomic mass is 35.5. The lowest BCUT2D eigenvalue weighted by molar-refractivity contribution is -0.122. The van der Waals surface area contributed by atoms with Gasteiger partial charge in [0, 0.05) is 18.3 Å². The third-order valence-electron chi connectivity index (χ3n) is 3.00. The van der Waals surface area contributed by atoms with Crippen LogP contribution in [-0.2, 0) is 17.9 Å². The van der Waals surface area contributed by atoms with Crippen molar-refractivity contribution in [1.82, 2.24) is 20.1 Å². The number of carbonyl (C=O) groups excluding carboxylic acids is 1. The molecular formula is C14H16ClN5O4. The molecule has 0 aliphatic heterocycles. The maximum atomic E-state index is 12.0. The molecule has 0 unspecified atom stereocenters. The summed E-state index contributed by atoms with van der Waals surface area (Å²) in [6.07, 6.45) is 4.25. The van der Waals surface area contributed by atoms with Crippen LogP contribution < -0.4 is 21.3 Å². The van der Waals surface area contributed by atoms with Crippen molar-refractivity contribution in [2.75, 3.05) is 18.9 Å². The Morgan fingerprint density at radius 1 is 1.46 bits per heavy atom. The first-order chi connectivity index (χ1) is 11.5. The third-order valence-corrected chi connectivity index (χ3v) is 3.38. The maximum Gasteiger partial charge on any atom is 0.288 e. The number of nitrogens with zero attached hydrogens (tertiary/aromatic N) is 3. The van der Waals surface area contributed by atoms with E-state index >= 15 is 0 Å². The number of hydrogen-bond donors (Lipinski definition) is 3. The third kappa shape index (κ3) is 4.43. The molecule has 0 radical (unpaired) electrons. The molecule has 9 nitrogen and oxygen atoms in total. The highest BCUT2D eigenvalue weighted by molar-refractivity contribution is 6.32. The number of halogens is 1. The molecular weight excluding hydrogens is 338 g/mol. The van der Waals surface area contributed by atoms with E-state index in [0.717, 1.165) is 4.68 Å². The second-order valence-electron chi connectivity index (χ2n) is 4.71. The van der Waals surface area contributed by atoms with Crippen LogP contribution in [0.5, 0.6) is 5.75 Å². The van der Waals surface area contributed by atoms with Crippen LogP contribution in [-0.4, -0.2) is 39.0 Å². The molecule has 1 amide bonds. The first-order valence-corrected chi connectivity index (χ1v) is 7.35. The molecule has 0 spiro atoms. The van der Waals surface area contributed by atoms with Gasteiger partial charge in [0.1, 0.15) is 23.9 Å². The van der Waals surface area contributed by atoms with E-state index < -0.39 is 11.5 Å². The Bertz CT molecular complexity index is 780. The molecule has 0 aliphatic rings. The number of pyridine rings is 1. The lowest BCUT2D eigenvalue weighted by Gasteiger charge is -2.11. The number of carbonyl (C=O) groups is 1. The molecule has 0 aromatic carbocycles. The van der Waals surface area contributed by atoms with Crippen molar-refractivity contribution < 1.29 is 14.6 Å². The Morgan fingerprint density at radius 2 is 2.25 bits per heavy atom. The Kier molecular flexibility index (Phi) is 6.10. The molecule has 0 fully saturated rings. The number of anilines is 1. The van der Waals surface area contributed by atoms with Crippen LogP contribution in [0.15, 0.2) is 29.5 Å². The maximum absolute atomic E-state index is 12.0. The molecule has 128 valence electrons. The van der Waals surface area contributed by atoms with E-state index in [9.17, 15) is 9.59 Å². The quantitative estimate of drug-likeness (QED) is 0.614. The van der Waals surface area contributed by atoms with Gasteiger partial charge in [0.05, 0.1) is 24.7 Å². The average molecular weight is 354 g/mol. The van der Waals surface area contributed by atoms with E-state index in [1.807, 2.05) is 0 Å². The first kappa shape index (κ1) is 17.7. The van der Waals surface area contributed by atoms with Gasteiger partial charge < -0.3 is 20.9 Å². The molecule has 24 heavy (non-hydrogen) atoms. The van der Waals surface area contributed by atoms with E-state index in [4.69, 9.17) is 27.2 Å². The van der Waals surface area contributed by atoms with Crippen LogP contribution in [0.3, 0.4) is 0 Å². The van der Waals surface area contributed by atoms with Gasteiger partial charge in [-0.1, -0.05) is 11.6 Å². The summed E-state index contributed by atoms with van der Waals surface area (Å²) in [6, 6.07) is 1.68. The number of nitrogens with two attached hydrogens (primary N) is 1. The number of ether oxygens (including phenoxy) is 1. The van der Waals surface area contributed by atoms with E-state index in [0.29, 0.717) is 11.3 Å². The molecule has 10 heteroatoms. The van der Waals surface area contributed by atoms with E-state index in [2.05, 4.69) is 15.4 Å². The van der Waals surface area contributed by atoms with Crippen LogP contribution in [0.25, 0.3) is 0 Å². The summed E-state index contributed by atoms with van der Waals surface area (Å²) < 4.78 is 6.24. The van der Waals surface area contributed by atoms with Crippen LogP contribution in [0, 0.1) is 0 Å². The van der Waals surface area contributed by atoms with Gasteiger partial charge in [-0.3, -0.25) is 14.6 Å². The number of aliphatic hydroxyl groups excluding tert-OH is 1. The minimum absolute atomic E-state index is 0.0563. The van der Waals surface area contributed by atoms with Crippen molar-refractivity contribution >= 4 is 23.2 Å². The second-order valence-corrected chi connectivity index (χ2v) is 5.09. The van der Waals surface area contributed by atoms with Crippen molar-refractivity contribution in [3.05, 3.63) is 45.6 Å². The van der Waals surface area contributed by atoms with Crippen molar-refractivity contribution in [2.24, 2.45) is 0 Å². The molecule has 2 rings (SSSR count). The van der Waals surface area contributed by atoms with Crippen LogP contribution in [0.2, 0.25) is 5.02 Å². The fourth-order valence-corrected chi connectivity index (χ4v) is 1.96. The Hall–Kier alpha value is -2.65. The number of aromatic nitrogens is 3. The van der Waals surface area contributed by atoms with E-state index in [1.54, 1.807) is 12.3 Å². The smallest absolute Gasteiger partial charge is 0.288 e. The topological polar surface area (TPSA) is 132 Å². The number of rotatable bonds is 7. The van der Waals surface area contributed by atoms with E-state index in [-0.39, 0.29) is 37.0 Å². The molecule has 0 aliphatic carbocycles. The van der Waals surface area contributed by atoms with Crippen molar-refractivity contribution in [3.63, 3.8) is 0 Å². The standard InChI is InChI=1S/C14H16ClN5O4/c15-13-10(16)6-19-20(14(13)23)8-12(22)18-5-9-1-2-17-7-11(9)24-4-3-21/h1-2,6-7,21H,3-5,8,16H2,(H,18,22). The molecule has 2 aromatic rings. The van der Waals surface area contributed by atoms with Gasteiger partial charge in [-0.15, -0.1) is 0 Å². The van der Waals surface area contributed by atoms with E-state index in [1.165, 1.54) is 12.4 Å². The molecule has 2 heterocycles. The fraction of sp³-hybridized carbons (Fsp3) is 0.286. The predicted molar refractivity (Wildman–Crippen MR) is 86.6 cm³/mol. The molecule has 0 saturated heterocycles. The van der Waals surface area contributed by atoms with Gasteiger partial charge in [0.25, 0.3) is 5.56 Å². The summed E-state index contributed by atoms with van der Waals surface area (Å²) in [4.78, 5) is 27.7. The zero-order valence-corrected chi connectivity index (χ0v) is 13.4. The molecule has 2 aromatic heterocycles. The summed E-state index contributed by atoms with van der Waals surface area (Å²) in [5.74, 6) is 0.0213. The minimum Gasteiger partial charge on any atom is -0.489 e. The first-order valence-electron chi connectivity index (χ1n) is 6.97. The minimum atomic E-state index is -0.636. The number of hydrogen-bond acceptors (Lipinski definition) is 7. The van der Waals surface area contributed by atoms with Gasteiger partial charge in [-0.25, -0.2) is 4.68 Å². The normalized spacial score (nSPS) is 10.4. The van der Waals surface area contributed by atoms with Crippen LogP contribution in [0.4, 0.5) is 5.69 Å². The van der Waals surface area contributed by atoms with Crippen LogP contribution >= 0.6 is 11.6 Å². The van der Waals surface area contributed by atoms with Crippen molar-refractivity contribution in [1.29, 1.82) is 0 Å². The highest BCUT2D eigenvalue weighted by Gasteiger charge is 2.11. The van der Waals surface area contributed by atoms with Gasteiger partial charge in [0.2, 0.25) is 5.91 Å². The number of amides is 1. The Labute approximate surface area is 142 Å². The zero-order valence-electron chi connectivity index (χ0n) is 12.6. The zero-order chi connectivity index (χ0) is 17.5. The van der Waals surface area contributed by atoms with Gasteiger partial charge in [0.15, 0.2) is 0 Å². The SMILES string of the molecule is Nc1cnn(CC(=O)NCc2ccncc2OCCO)c(=O)c1Cl. The largest absolute Gasteiger partial charge is 0.489 e. The van der Waals surface area contributed by atoms with Gasteiger partial charge in [-0.2, -0.15) is 5.10 Å². The summed E-state index contributed by atoms with van der Waals surface area (Å²) in [5, 5.41) is 15.0. The molecule has 0 saturated carbocycles. The monoisotopic (exact) mass is 353 g/mol.